The van der Waals surface area contributed by atoms with Crippen LogP contribution < -0.4 is 0 Å². The number of aryl methyl sites for hydroxylation is 1. The van der Waals surface area contributed by atoms with Gasteiger partial charge in [0.25, 0.3) is 0 Å². The quantitative estimate of drug-likeness (QED) is 0.813. The normalized spacial score (nSPS) is 17.8. The Balaban J connectivity index is 2.16. The number of aliphatic carboxylic acids is 1. The summed E-state index contributed by atoms with van der Waals surface area (Å²) in [5, 5.41) is 17.9. The molecule has 0 unspecified atom stereocenters. The first-order valence-corrected chi connectivity index (χ1v) is 7.79. The molecule has 1 heterocycles. The topological polar surface area (TPSA) is 68.0 Å². The van der Waals surface area contributed by atoms with Gasteiger partial charge in [0.2, 0.25) is 0 Å². The Hall–Kier alpha value is -1.04. The first kappa shape index (κ1) is 14.4. The van der Waals surface area contributed by atoms with Gasteiger partial charge >= 0.3 is 5.97 Å². The van der Waals surface area contributed by atoms with E-state index in [1.165, 1.54) is 37.4 Å². The molecule has 0 spiro atoms. The first-order valence-electron chi connectivity index (χ1n) is 6.81. The van der Waals surface area contributed by atoms with Gasteiger partial charge in [-0.1, -0.05) is 38.5 Å². The van der Waals surface area contributed by atoms with Gasteiger partial charge in [-0.25, -0.2) is 0 Å². The maximum Gasteiger partial charge on any atom is 0.313 e. The van der Waals surface area contributed by atoms with Crippen LogP contribution in [-0.4, -0.2) is 31.6 Å². The Bertz CT molecular complexity index is 453. The van der Waals surface area contributed by atoms with Gasteiger partial charge in [0.15, 0.2) is 5.16 Å². The van der Waals surface area contributed by atoms with Crippen LogP contribution in [0.25, 0.3) is 0 Å². The number of carbonyl (C=O) groups is 1. The Morgan fingerprint density at radius 2 is 2.11 bits per heavy atom. The van der Waals surface area contributed by atoms with Crippen molar-refractivity contribution in [3.63, 3.8) is 0 Å². The van der Waals surface area contributed by atoms with Crippen LogP contribution in [0.4, 0.5) is 0 Å². The number of carboxylic acids is 1. The fraction of sp³-hybridized carbons (Fsp3) is 0.769. The number of hydrogen-bond acceptors (Lipinski definition) is 4. The Morgan fingerprint density at radius 3 is 2.68 bits per heavy atom. The van der Waals surface area contributed by atoms with Crippen molar-refractivity contribution < 1.29 is 9.90 Å². The third-order valence-corrected chi connectivity index (χ3v) is 4.74. The molecule has 0 bridgehead atoms. The Kier molecular flexibility index (Phi) is 4.50. The van der Waals surface area contributed by atoms with Gasteiger partial charge in [0.05, 0.1) is 5.75 Å². The SMILES string of the molecule is CCc1nnc(SCC(=O)O)n1CC1(C)CCCC1. The summed E-state index contributed by atoms with van der Waals surface area (Å²) in [6, 6.07) is 0. The fourth-order valence-corrected chi connectivity index (χ4v) is 3.42. The number of thioether (sulfide) groups is 1. The summed E-state index contributed by atoms with van der Waals surface area (Å²) in [5.41, 5.74) is 0.310. The van der Waals surface area contributed by atoms with E-state index in [4.69, 9.17) is 5.11 Å². The average molecular weight is 283 g/mol. The second kappa shape index (κ2) is 5.94. The molecule has 1 aliphatic carbocycles. The molecule has 106 valence electrons. The summed E-state index contributed by atoms with van der Waals surface area (Å²) in [6.45, 7) is 5.28. The minimum atomic E-state index is -0.815. The summed E-state index contributed by atoms with van der Waals surface area (Å²) in [4.78, 5) is 10.7. The van der Waals surface area contributed by atoms with E-state index in [1.54, 1.807) is 0 Å². The Labute approximate surface area is 117 Å². The third-order valence-electron chi connectivity index (χ3n) is 3.78. The van der Waals surface area contributed by atoms with E-state index in [2.05, 4.69) is 28.6 Å². The number of carboxylic acid groups (broad SMARTS) is 1. The molecular weight excluding hydrogens is 262 g/mol. The zero-order chi connectivity index (χ0) is 13.9. The summed E-state index contributed by atoms with van der Waals surface area (Å²) < 4.78 is 2.12. The van der Waals surface area contributed by atoms with Crippen LogP contribution in [0.2, 0.25) is 0 Å². The monoisotopic (exact) mass is 283 g/mol. The Morgan fingerprint density at radius 1 is 1.42 bits per heavy atom. The fourth-order valence-electron chi connectivity index (χ4n) is 2.74. The van der Waals surface area contributed by atoms with Gasteiger partial charge in [-0.2, -0.15) is 0 Å². The average Bonchev–Trinajstić information content (AvgIpc) is 2.94. The molecule has 0 aliphatic heterocycles. The summed E-state index contributed by atoms with van der Waals surface area (Å²) in [7, 11) is 0. The van der Waals surface area contributed by atoms with Gasteiger partial charge < -0.3 is 9.67 Å². The van der Waals surface area contributed by atoms with Gasteiger partial charge in [-0.15, -0.1) is 10.2 Å². The van der Waals surface area contributed by atoms with Gasteiger partial charge in [-0.05, 0) is 18.3 Å². The van der Waals surface area contributed by atoms with Crippen molar-refractivity contribution in [3.05, 3.63) is 5.82 Å². The highest BCUT2D eigenvalue weighted by Crippen LogP contribution is 2.39. The predicted octanol–water partition coefficient (Wildman–Crippen LogP) is 2.60. The molecule has 0 radical (unpaired) electrons. The van der Waals surface area contributed by atoms with Crippen LogP contribution in [0, 0.1) is 5.41 Å². The van der Waals surface area contributed by atoms with Crippen LogP contribution >= 0.6 is 11.8 Å². The van der Waals surface area contributed by atoms with Crippen molar-refractivity contribution in [2.24, 2.45) is 5.41 Å². The molecular formula is C13H21N3O2S. The summed E-state index contributed by atoms with van der Waals surface area (Å²) in [5.74, 6) is 0.184. The largest absolute Gasteiger partial charge is 0.481 e. The number of rotatable bonds is 6. The van der Waals surface area contributed by atoms with E-state index in [0.29, 0.717) is 5.41 Å². The van der Waals surface area contributed by atoms with E-state index < -0.39 is 5.97 Å². The highest BCUT2D eigenvalue weighted by atomic mass is 32.2. The second-order valence-electron chi connectivity index (χ2n) is 5.54. The van der Waals surface area contributed by atoms with Crippen LogP contribution in [0.15, 0.2) is 5.16 Å². The van der Waals surface area contributed by atoms with Crippen LogP contribution in [0.1, 0.15) is 45.4 Å². The van der Waals surface area contributed by atoms with Crippen molar-refractivity contribution in [1.82, 2.24) is 14.8 Å². The summed E-state index contributed by atoms with van der Waals surface area (Å²) >= 11 is 1.26. The zero-order valence-corrected chi connectivity index (χ0v) is 12.4. The van der Waals surface area contributed by atoms with E-state index >= 15 is 0 Å². The van der Waals surface area contributed by atoms with Crippen molar-refractivity contribution in [3.8, 4) is 0 Å². The van der Waals surface area contributed by atoms with Crippen LogP contribution in [-0.2, 0) is 17.8 Å². The molecule has 6 heteroatoms. The van der Waals surface area contributed by atoms with E-state index in [9.17, 15) is 4.79 Å². The number of aromatic nitrogens is 3. The van der Waals surface area contributed by atoms with Crippen molar-refractivity contribution in [1.29, 1.82) is 0 Å². The molecule has 1 saturated carbocycles. The molecule has 19 heavy (non-hydrogen) atoms. The minimum absolute atomic E-state index is 0.0402. The zero-order valence-electron chi connectivity index (χ0n) is 11.6. The highest BCUT2D eigenvalue weighted by molar-refractivity contribution is 7.99. The lowest BCUT2D eigenvalue weighted by atomic mass is 9.89. The van der Waals surface area contributed by atoms with Crippen molar-refractivity contribution >= 4 is 17.7 Å². The molecule has 1 N–H and O–H groups in total. The van der Waals surface area contributed by atoms with Crippen molar-refractivity contribution in [2.45, 2.75) is 57.7 Å². The van der Waals surface area contributed by atoms with E-state index in [-0.39, 0.29) is 5.75 Å². The lowest BCUT2D eigenvalue weighted by Gasteiger charge is -2.25. The standard InChI is InChI=1S/C13H21N3O2S/c1-3-10-14-15-12(19-8-11(17)18)16(10)9-13(2)6-4-5-7-13/h3-9H2,1-2H3,(H,17,18). The predicted molar refractivity (Wildman–Crippen MR) is 74.3 cm³/mol. The van der Waals surface area contributed by atoms with Gasteiger partial charge in [0, 0.05) is 13.0 Å². The molecule has 0 aromatic carbocycles. The van der Waals surface area contributed by atoms with E-state index in [1.807, 2.05) is 0 Å². The minimum Gasteiger partial charge on any atom is -0.481 e. The molecule has 0 amide bonds. The molecule has 1 aliphatic rings. The molecule has 1 fully saturated rings. The van der Waals surface area contributed by atoms with Gasteiger partial charge in [-0.3, -0.25) is 4.79 Å². The van der Waals surface area contributed by atoms with Crippen LogP contribution in [0.5, 0.6) is 0 Å². The molecule has 1 aromatic rings. The second-order valence-corrected chi connectivity index (χ2v) is 6.48. The maximum absolute atomic E-state index is 10.7. The smallest absolute Gasteiger partial charge is 0.313 e. The van der Waals surface area contributed by atoms with Crippen LogP contribution in [0.3, 0.4) is 0 Å². The van der Waals surface area contributed by atoms with Gasteiger partial charge in [0.1, 0.15) is 5.82 Å². The summed E-state index contributed by atoms with van der Waals surface area (Å²) in [6.07, 6.45) is 5.88. The highest BCUT2D eigenvalue weighted by Gasteiger charge is 2.30. The first-order chi connectivity index (χ1) is 9.04. The third kappa shape index (κ3) is 3.49. The maximum atomic E-state index is 10.7. The molecule has 0 saturated heterocycles. The lowest BCUT2D eigenvalue weighted by Crippen LogP contribution is -2.21. The number of nitrogens with zero attached hydrogens (tertiary/aromatic N) is 3. The lowest BCUT2D eigenvalue weighted by molar-refractivity contribution is -0.133. The van der Waals surface area contributed by atoms with E-state index in [0.717, 1.165) is 23.9 Å². The van der Waals surface area contributed by atoms with Crippen molar-refractivity contribution in [2.75, 3.05) is 5.75 Å². The molecule has 2 rings (SSSR count). The molecule has 5 nitrogen and oxygen atoms in total. The molecule has 0 atom stereocenters. The molecule has 1 aromatic heterocycles. The number of hydrogen-bond donors (Lipinski definition) is 1.